The summed E-state index contributed by atoms with van der Waals surface area (Å²) in [4.78, 5) is 38.4. The van der Waals surface area contributed by atoms with Crippen LogP contribution in [0.15, 0.2) is 48.5 Å². The molecule has 4 rings (SSSR count). The second-order valence-electron chi connectivity index (χ2n) is 7.48. The zero-order valence-corrected chi connectivity index (χ0v) is 18.4. The highest BCUT2D eigenvalue weighted by atomic mass is 35.5. The minimum atomic E-state index is -0.666. The van der Waals surface area contributed by atoms with Crippen LogP contribution in [0.25, 0.3) is 0 Å². The number of esters is 1. The summed E-state index contributed by atoms with van der Waals surface area (Å²) in [7, 11) is 0. The molecule has 0 aromatic heterocycles. The Bertz CT molecular complexity index is 1020. The Labute approximate surface area is 189 Å². The first-order valence-corrected chi connectivity index (χ1v) is 11.2. The van der Waals surface area contributed by atoms with E-state index in [1.54, 1.807) is 47.0 Å². The van der Waals surface area contributed by atoms with Gasteiger partial charge in [0.2, 0.25) is 5.91 Å². The van der Waals surface area contributed by atoms with Gasteiger partial charge in [-0.2, -0.15) is 0 Å². The van der Waals surface area contributed by atoms with Gasteiger partial charge in [-0.15, -0.1) is 11.8 Å². The average molecular weight is 461 g/mol. The molecule has 0 aliphatic carbocycles. The van der Waals surface area contributed by atoms with Crippen molar-refractivity contribution in [2.24, 2.45) is 0 Å². The Hall–Kier alpha value is -2.71. The van der Waals surface area contributed by atoms with Crippen molar-refractivity contribution in [1.29, 1.82) is 0 Å². The maximum absolute atomic E-state index is 12.5. The predicted molar refractivity (Wildman–Crippen MR) is 118 cm³/mol. The lowest BCUT2D eigenvalue weighted by Crippen LogP contribution is -2.47. The van der Waals surface area contributed by atoms with Crippen LogP contribution in [-0.4, -0.2) is 46.0 Å². The number of hydrogen-bond donors (Lipinski definition) is 1. The highest BCUT2D eigenvalue weighted by Crippen LogP contribution is 2.47. The van der Waals surface area contributed by atoms with Crippen LogP contribution in [-0.2, 0) is 19.1 Å². The fraction of sp³-hybridized carbons (Fsp3) is 0.318. The van der Waals surface area contributed by atoms with Crippen LogP contribution in [0.2, 0.25) is 5.02 Å². The zero-order valence-electron chi connectivity index (χ0n) is 16.8. The fourth-order valence-electron chi connectivity index (χ4n) is 3.72. The molecule has 162 valence electrons. The number of halogens is 1. The highest BCUT2D eigenvalue weighted by molar-refractivity contribution is 8.01. The Morgan fingerprint density at radius 1 is 1.26 bits per heavy atom. The molecule has 0 radical (unpaired) electrons. The van der Waals surface area contributed by atoms with E-state index in [2.05, 4.69) is 5.32 Å². The van der Waals surface area contributed by atoms with Crippen LogP contribution >= 0.6 is 23.4 Å². The Kier molecular flexibility index (Phi) is 6.11. The van der Waals surface area contributed by atoms with Gasteiger partial charge >= 0.3 is 5.97 Å². The number of hydrogen-bond acceptors (Lipinski definition) is 6. The summed E-state index contributed by atoms with van der Waals surface area (Å²) < 4.78 is 11.0. The van der Waals surface area contributed by atoms with Crippen molar-refractivity contribution in [2.45, 2.75) is 30.7 Å². The van der Waals surface area contributed by atoms with E-state index in [1.807, 2.05) is 25.1 Å². The van der Waals surface area contributed by atoms with Crippen molar-refractivity contribution in [3.05, 3.63) is 53.6 Å². The van der Waals surface area contributed by atoms with Crippen molar-refractivity contribution in [2.75, 3.05) is 17.7 Å². The van der Waals surface area contributed by atoms with Gasteiger partial charge in [0.1, 0.15) is 11.8 Å². The first-order valence-electron chi connectivity index (χ1n) is 9.81. The van der Waals surface area contributed by atoms with Gasteiger partial charge in [-0.3, -0.25) is 9.59 Å². The molecule has 2 unspecified atom stereocenters. The maximum Gasteiger partial charge on any atom is 0.330 e. The molecule has 31 heavy (non-hydrogen) atoms. The predicted octanol–water partition coefficient (Wildman–Crippen LogP) is 4.07. The molecule has 2 amide bonds. The number of thioether (sulfide) groups is 1. The van der Waals surface area contributed by atoms with Crippen molar-refractivity contribution in [3.63, 3.8) is 0 Å². The zero-order chi connectivity index (χ0) is 22.0. The number of carbonyl (C=O) groups is 3. The quantitative estimate of drug-likeness (QED) is 0.654. The fourth-order valence-corrected chi connectivity index (χ4v) is 5.31. The molecule has 2 fully saturated rings. The highest BCUT2D eigenvalue weighted by Gasteiger charge is 2.53. The topological polar surface area (TPSA) is 84.9 Å². The molecule has 7 nitrogen and oxygen atoms in total. The monoisotopic (exact) mass is 460 g/mol. The van der Waals surface area contributed by atoms with E-state index >= 15 is 0 Å². The van der Waals surface area contributed by atoms with Gasteiger partial charge in [0.25, 0.3) is 5.91 Å². The van der Waals surface area contributed by atoms with E-state index < -0.39 is 24.5 Å². The van der Waals surface area contributed by atoms with E-state index in [0.717, 1.165) is 0 Å². The molecule has 2 aliphatic rings. The first-order chi connectivity index (χ1) is 14.9. The number of ether oxygens (including phenoxy) is 2. The second kappa shape index (κ2) is 8.80. The molecule has 2 aromatic carbocycles. The molecular formula is C22H21ClN2O5S. The summed E-state index contributed by atoms with van der Waals surface area (Å²) in [6.45, 7) is 1.48. The van der Waals surface area contributed by atoms with Crippen LogP contribution in [0.3, 0.4) is 0 Å². The van der Waals surface area contributed by atoms with E-state index in [1.165, 1.54) is 0 Å². The minimum Gasteiger partial charge on any atom is -0.455 e. The molecule has 9 heteroatoms. The number of nitrogens with zero attached hydrogens (tertiary/aromatic N) is 1. The van der Waals surface area contributed by atoms with Crippen LogP contribution in [0.5, 0.6) is 11.5 Å². The number of carbonyl (C=O) groups excluding carboxylic acids is 3. The van der Waals surface area contributed by atoms with Crippen molar-refractivity contribution in [3.8, 4) is 11.5 Å². The Morgan fingerprint density at radius 2 is 2.03 bits per heavy atom. The molecule has 1 N–H and O–H groups in total. The summed E-state index contributed by atoms with van der Waals surface area (Å²) in [6, 6.07) is 13.3. The van der Waals surface area contributed by atoms with Crippen molar-refractivity contribution >= 4 is 46.8 Å². The van der Waals surface area contributed by atoms with Crippen LogP contribution in [0.1, 0.15) is 19.8 Å². The minimum absolute atomic E-state index is 0.0551. The van der Waals surface area contributed by atoms with Gasteiger partial charge in [0.05, 0.1) is 10.6 Å². The Balaban J connectivity index is 1.37. The lowest BCUT2D eigenvalue weighted by molar-refractivity contribution is -0.155. The van der Waals surface area contributed by atoms with Crippen LogP contribution in [0.4, 0.5) is 5.69 Å². The summed E-state index contributed by atoms with van der Waals surface area (Å²) >= 11 is 7.63. The first kappa shape index (κ1) is 21.5. The number of rotatable bonds is 6. The van der Waals surface area contributed by atoms with Gasteiger partial charge in [-0.25, -0.2) is 4.79 Å². The van der Waals surface area contributed by atoms with Crippen molar-refractivity contribution in [1.82, 2.24) is 4.90 Å². The second-order valence-corrected chi connectivity index (χ2v) is 9.41. The van der Waals surface area contributed by atoms with Crippen molar-refractivity contribution < 1.29 is 23.9 Å². The summed E-state index contributed by atoms with van der Waals surface area (Å²) in [5, 5.41) is 3.09. The summed E-state index contributed by atoms with van der Waals surface area (Å²) in [5.74, 6) is 0.305. The number of nitrogens with one attached hydrogen (secondary N) is 1. The lowest BCUT2D eigenvalue weighted by Gasteiger charge is -2.29. The van der Waals surface area contributed by atoms with Gasteiger partial charge in [-0.1, -0.05) is 29.8 Å². The lowest BCUT2D eigenvalue weighted by atomic mass is 10.2. The Morgan fingerprint density at radius 3 is 2.81 bits per heavy atom. The van der Waals surface area contributed by atoms with Gasteiger partial charge in [-0.05, 0) is 43.7 Å². The molecule has 0 spiro atoms. The van der Waals surface area contributed by atoms with Crippen LogP contribution < -0.4 is 10.1 Å². The molecule has 2 atom stereocenters. The third kappa shape index (κ3) is 4.65. The van der Waals surface area contributed by atoms with E-state index in [4.69, 9.17) is 21.1 Å². The maximum atomic E-state index is 12.5. The number of anilines is 1. The normalized spacial score (nSPS) is 22.2. The van der Waals surface area contributed by atoms with E-state index in [-0.39, 0.29) is 10.8 Å². The van der Waals surface area contributed by atoms with E-state index in [9.17, 15) is 14.4 Å². The standard InChI is InChI=1S/C22H21ClN2O5S/c1-22-10-9-20(27)25(22)17(13-31-22)21(28)29-12-19(26)24-16-11-14(23)7-8-18(16)30-15-5-3-2-4-6-15/h2-8,11,17H,9-10,12-13H2,1H3,(H,24,26). The molecule has 0 saturated carbocycles. The SMILES string of the molecule is CC12CCC(=O)N1C(C(=O)OCC(=O)Nc1cc(Cl)ccc1Oc1ccccc1)CS2. The van der Waals surface area contributed by atoms with Gasteiger partial charge < -0.3 is 19.7 Å². The van der Waals surface area contributed by atoms with Gasteiger partial charge in [0, 0.05) is 17.2 Å². The number of amides is 2. The molecule has 0 bridgehead atoms. The van der Waals surface area contributed by atoms with Gasteiger partial charge in [0.15, 0.2) is 12.4 Å². The summed E-state index contributed by atoms with van der Waals surface area (Å²) in [5.41, 5.74) is 0.358. The number of benzene rings is 2. The number of para-hydroxylation sites is 1. The average Bonchev–Trinajstić information content (AvgIpc) is 3.25. The number of fused-ring (bicyclic) bond motifs is 1. The molecule has 2 heterocycles. The third-order valence-corrected chi connectivity index (χ3v) is 6.99. The van der Waals surface area contributed by atoms with Crippen LogP contribution in [0, 0.1) is 0 Å². The summed E-state index contributed by atoms with van der Waals surface area (Å²) in [6.07, 6.45) is 1.13. The molecule has 2 aromatic rings. The largest absolute Gasteiger partial charge is 0.455 e. The molecular weight excluding hydrogens is 440 g/mol. The third-order valence-electron chi connectivity index (χ3n) is 5.25. The van der Waals surface area contributed by atoms with E-state index in [0.29, 0.717) is 40.8 Å². The molecule has 2 aliphatic heterocycles. The molecule has 2 saturated heterocycles. The smallest absolute Gasteiger partial charge is 0.330 e.